The van der Waals surface area contributed by atoms with Crippen LogP contribution in [-0.2, 0) is 33.7 Å². The quantitative estimate of drug-likeness (QED) is 0.445. The third kappa shape index (κ3) is 5.96. The third-order valence-electron chi connectivity index (χ3n) is 5.95. The SMILES string of the molecule is O=C(NCc1cc(-c2ccc(C(F)(F)F)cc2)ncn1)[C@@H]1CCCN1S(=O)(=O)c1cccc(C(F)(F)F)c1. The summed E-state index contributed by atoms with van der Waals surface area (Å²) in [7, 11) is -4.39. The van der Waals surface area contributed by atoms with Crippen LogP contribution in [0.25, 0.3) is 11.3 Å². The van der Waals surface area contributed by atoms with Crippen LogP contribution >= 0.6 is 0 Å². The van der Waals surface area contributed by atoms with E-state index in [1.165, 1.54) is 24.5 Å². The largest absolute Gasteiger partial charge is 0.416 e. The van der Waals surface area contributed by atoms with Crippen LogP contribution in [0.5, 0.6) is 0 Å². The first-order valence-corrected chi connectivity index (χ1v) is 12.7. The van der Waals surface area contributed by atoms with Crippen LogP contribution in [0.4, 0.5) is 26.3 Å². The zero-order chi connectivity index (χ0) is 27.7. The zero-order valence-corrected chi connectivity index (χ0v) is 20.2. The maximum atomic E-state index is 13.1. The van der Waals surface area contributed by atoms with Gasteiger partial charge in [-0.25, -0.2) is 18.4 Å². The Kier molecular flexibility index (Phi) is 7.48. The molecule has 2 aromatic carbocycles. The van der Waals surface area contributed by atoms with Gasteiger partial charge in [0.2, 0.25) is 15.9 Å². The molecule has 2 heterocycles. The van der Waals surface area contributed by atoms with Crippen LogP contribution in [-0.4, -0.2) is 41.2 Å². The van der Waals surface area contributed by atoms with Gasteiger partial charge >= 0.3 is 12.4 Å². The fraction of sp³-hybridized carbons (Fsp3) is 0.292. The van der Waals surface area contributed by atoms with Gasteiger partial charge in [-0.3, -0.25) is 4.79 Å². The predicted octanol–water partition coefficient (Wildman–Crippen LogP) is 4.65. The molecule has 1 amide bonds. The van der Waals surface area contributed by atoms with E-state index in [1.54, 1.807) is 0 Å². The van der Waals surface area contributed by atoms with Crippen molar-refractivity contribution in [3.8, 4) is 11.3 Å². The van der Waals surface area contributed by atoms with E-state index in [0.717, 1.165) is 34.6 Å². The van der Waals surface area contributed by atoms with Crippen molar-refractivity contribution in [1.29, 1.82) is 0 Å². The number of halogens is 6. The van der Waals surface area contributed by atoms with Crippen LogP contribution in [0.1, 0.15) is 29.7 Å². The Morgan fingerprint density at radius 2 is 1.63 bits per heavy atom. The van der Waals surface area contributed by atoms with E-state index in [2.05, 4.69) is 15.3 Å². The molecule has 1 aromatic heterocycles. The molecule has 14 heteroatoms. The number of carbonyl (C=O) groups is 1. The molecule has 4 rings (SSSR count). The summed E-state index contributed by atoms with van der Waals surface area (Å²) < 4.78 is 105. The van der Waals surface area contributed by atoms with Gasteiger partial charge in [-0.15, -0.1) is 0 Å². The highest BCUT2D eigenvalue weighted by Crippen LogP contribution is 2.33. The van der Waals surface area contributed by atoms with Crippen LogP contribution < -0.4 is 5.32 Å². The molecule has 202 valence electrons. The highest BCUT2D eigenvalue weighted by molar-refractivity contribution is 7.89. The molecule has 0 radical (unpaired) electrons. The van der Waals surface area contributed by atoms with Gasteiger partial charge in [0.25, 0.3) is 0 Å². The Labute approximate surface area is 213 Å². The molecule has 3 aromatic rings. The minimum Gasteiger partial charge on any atom is -0.349 e. The topological polar surface area (TPSA) is 92.3 Å². The van der Waals surface area contributed by atoms with Crippen molar-refractivity contribution in [1.82, 2.24) is 19.6 Å². The van der Waals surface area contributed by atoms with Crippen LogP contribution in [0, 0.1) is 0 Å². The van der Waals surface area contributed by atoms with Gasteiger partial charge in [-0.2, -0.15) is 30.6 Å². The number of sulfonamides is 1. The molecular weight excluding hydrogens is 538 g/mol. The van der Waals surface area contributed by atoms with Crippen molar-refractivity contribution in [2.75, 3.05) is 6.54 Å². The first-order chi connectivity index (χ1) is 17.8. The number of amides is 1. The van der Waals surface area contributed by atoms with Gasteiger partial charge in [0.1, 0.15) is 12.4 Å². The smallest absolute Gasteiger partial charge is 0.349 e. The molecule has 1 aliphatic heterocycles. The summed E-state index contributed by atoms with van der Waals surface area (Å²) in [4.78, 5) is 20.4. The minimum absolute atomic E-state index is 0.0394. The van der Waals surface area contributed by atoms with Gasteiger partial charge < -0.3 is 5.32 Å². The van der Waals surface area contributed by atoms with Crippen molar-refractivity contribution >= 4 is 15.9 Å². The molecule has 1 atom stereocenters. The second-order valence-corrected chi connectivity index (χ2v) is 10.4. The van der Waals surface area contributed by atoms with Crippen molar-refractivity contribution in [3.05, 3.63) is 77.7 Å². The highest BCUT2D eigenvalue weighted by Gasteiger charge is 2.40. The van der Waals surface area contributed by atoms with Gasteiger partial charge in [-0.05, 0) is 49.2 Å². The first-order valence-electron chi connectivity index (χ1n) is 11.2. The lowest BCUT2D eigenvalue weighted by atomic mass is 10.1. The minimum atomic E-state index is -4.73. The van der Waals surface area contributed by atoms with E-state index >= 15 is 0 Å². The number of alkyl halides is 6. The van der Waals surface area contributed by atoms with E-state index in [-0.39, 0.29) is 19.5 Å². The molecular formula is C24H20F6N4O3S. The molecule has 0 saturated carbocycles. The normalized spacial score (nSPS) is 16.9. The second kappa shape index (κ2) is 10.3. The summed E-state index contributed by atoms with van der Waals surface area (Å²) in [5.74, 6) is -0.659. The number of hydrogen-bond acceptors (Lipinski definition) is 5. The first kappa shape index (κ1) is 27.5. The molecule has 0 unspecified atom stereocenters. The molecule has 7 nitrogen and oxygen atoms in total. The van der Waals surface area contributed by atoms with E-state index in [4.69, 9.17) is 0 Å². The number of rotatable bonds is 6. The maximum absolute atomic E-state index is 13.1. The molecule has 0 bridgehead atoms. The molecule has 38 heavy (non-hydrogen) atoms. The van der Waals surface area contributed by atoms with E-state index < -0.39 is 50.3 Å². The summed E-state index contributed by atoms with van der Waals surface area (Å²) in [6, 6.07) is 7.99. The second-order valence-electron chi connectivity index (χ2n) is 8.49. The Balaban J connectivity index is 1.46. The summed E-state index contributed by atoms with van der Waals surface area (Å²) in [6.07, 6.45) is -7.53. The van der Waals surface area contributed by atoms with Crippen LogP contribution in [0.15, 0.2) is 65.8 Å². The number of hydrogen-bond donors (Lipinski definition) is 1. The average Bonchev–Trinajstić information content (AvgIpc) is 3.38. The Morgan fingerprint density at radius 1 is 0.947 bits per heavy atom. The van der Waals surface area contributed by atoms with E-state index in [0.29, 0.717) is 29.4 Å². The van der Waals surface area contributed by atoms with Crippen molar-refractivity contribution in [3.63, 3.8) is 0 Å². The number of nitrogens with one attached hydrogen (secondary N) is 1. The van der Waals surface area contributed by atoms with Crippen molar-refractivity contribution in [2.24, 2.45) is 0 Å². The van der Waals surface area contributed by atoms with Gasteiger partial charge in [0, 0.05) is 12.1 Å². The lowest BCUT2D eigenvalue weighted by molar-refractivity contribution is -0.138. The summed E-state index contributed by atoms with van der Waals surface area (Å²) >= 11 is 0. The highest BCUT2D eigenvalue weighted by atomic mass is 32.2. The molecule has 1 saturated heterocycles. The summed E-state index contributed by atoms with van der Waals surface area (Å²) in [5, 5.41) is 2.57. The number of nitrogens with zero attached hydrogens (tertiary/aromatic N) is 3. The number of benzene rings is 2. The van der Waals surface area contributed by atoms with Gasteiger partial charge in [0.15, 0.2) is 0 Å². The van der Waals surface area contributed by atoms with Crippen molar-refractivity contribution in [2.45, 2.75) is 42.7 Å². The average molecular weight is 559 g/mol. The predicted molar refractivity (Wildman–Crippen MR) is 123 cm³/mol. The third-order valence-corrected chi connectivity index (χ3v) is 7.85. The molecule has 1 fully saturated rings. The van der Waals surface area contributed by atoms with Gasteiger partial charge in [-0.1, -0.05) is 18.2 Å². The van der Waals surface area contributed by atoms with Crippen molar-refractivity contribution < 1.29 is 39.6 Å². The molecule has 0 spiro atoms. The van der Waals surface area contributed by atoms with Crippen LogP contribution in [0.2, 0.25) is 0 Å². The number of aromatic nitrogens is 2. The lowest BCUT2D eigenvalue weighted by Crippen LogP contribution is -2.45. The maximum Gasteiger partial charge on any atom is 0.416 e. The van der Waals surface area contributed by atoms with E-state index in [9.17, 15) is 39.6 Å². The van der Waals surface area contributed by atoms with E-state index in [1.807, 2.05) is 0 Å². The van der Waals surface area contributed by atoms with Crippen LogP contribution in [0.3, 0.4) is 0 Å². The summed E-state index contributed by atoms with van der Waals surface area (Å²) in [5.41, 5.74) is -0.918. The standard InChI is InChI=1S/C24H20F6N4O3S/c25-23(26,27)16-8-6-15(7-9-16)20-12-18(32-14-33-20)13-31-22(35)21-5-2-10-34(21)38(36,37)19-4-1-3-17(11-19)24(28,29)30/h1,3-4,6-9,11-12,14,21H,2,5,10,13H2,(H,31,35)/t21-/m0/s1. The monoisotopic (exact) mass is 558 g/mol. The molecule has 0 aliphatic carbocycles. The molecule has 1 aliphatic rings. The fourth-order valence-corrected chi connectivity index (χ4v) is 5.74. The Hall–Kier alpha value is -3.52. The lowest BCUT2D eigenvalue weighted by Gasteiger charge is -2.23. The Morgan fingerprint density at radius 3 is 2.29 bits per heavy atom. The van der Waals surface area contributed by atoms with Gasteiger partial charge in [0.05, 0.1) is 34.0 Å². The Bertz CT molecular complexity index is 1430. The zero-order valence-electron chi connectivity index (χ0n) is 19.4. The molecule has 1 N–H and O–H groups in total. The number of carbonyl (C=O) groups excluding carboxylic acids is 1. The summed E-state index contributed by atoms with van der Waals surface area (Å²) in [6.45, 7) is -0.175. The fourth-order valence-electron chi connectivity index (χ4n) is 4.04.